The molecule has 0 aromatic heterocycles. The first kappa shape index (κ1) is 22.5. The van der Waals surface area contributed by atoms with E-state index in [1.54, 1.807) is 7.05 Å². The number of hydrogen-bond donors (Lipinski definition) is 3. The summed E-state index contributed by atoms with van der Waals surface area (Å²) in [4.78, 5) is 30.3. The predicted molar refractivity (Wildman–Crippen MR) is 114 cm³/mol. The van der Waals surface area contributed by atoms with Gasteiger partial charge in [-0.3, -0.25) is 9.79 Å². The van der Waals surface area contributed by atoms with Crippen LogP contribution >= 0.6 is 0 Å². The van der Waals surface area contributed by atoms with Gasteiger partial charge in [-0.05, 0) is 39.2 Å². The lowest BCUT2D eigenvalue weighted by molar-refractivity contribution is -0.120. The molecule has 1 aromatic carbocycles. The lowest BCUT2D eigenvalue weighted by atomic mass is 10.1. The summed E-state index contributed by atoms with van der Waals surface area (Å²) in [5.41, 5.74) is 0.672. The Morgan fingerprint density at radius 1 is 1.21 bits per heavy atom. The van der Waals surface area contributed by atoms with Crippen molar-refractivity contribution in [2.45, 2.75) is 45.3 Å². The first-order valence-corrected chi connectivity index (χ1v) is 10.0. The summed E-state index contributed by atoms with van der Waals surface area (Å²) in [5.74, 6) is 0.571. The van der Waals surface area contributed by atoms with E-state index in [0.29, 0.717) is 19.0 Å². The Bertz CT molecular complexity index is 700. The van der Waals surface area contributed by atoms with E-state index in [4.69, 9.17) is 4.74 Å². The van der Waals surface area contributed by atoms with E-state index in [0.717, 1.165) is 19.4 Å². The maximum Gasteiger partial charge on any atom is 0.407 e. The summed E-state index contributed by atoms with van der Waals surface area (Å²) in [6, 6.07) is 10.0. The van der Waals surface area contributed by atoms with Crippen molar-refractivity contribution in [3.8, 4) is 0 Å². The SMILES string of the molecule is CN=C(NCC(=O)NCCc1ccccc1)N1CCC(NC(=O)OC(C)(C)C)C1. The van der Waals surface area contributed by atoms with Gasteiger partial charge in [0.25, 0.3) is 0 Å². The average Bonchev–Trinajstić information content (AvgIpc) is 3.09. The summed E-state index contributed by atoms with van der Waals surface area (Å²) >= 11 is 0. The second kappa shape index (κ2) is 10.7. The summed E-state index contributed by atoms with van der Waals surface area (Å²) in [5, 5.41) is 8.89. The smallest absolute Gasteiger partial charge is 0.407 e. The fraction of sp³-hybridized carbons (Fsp3) is 0.571. The summed E-state index contributed by atoms with van der Waals surface area (Å²) < 4.78 is 5.30. The fourth-order valence-electron chi connectivity index (χ4n) is 3.09. The van der Waals surface area contributed by atoms with Crippen LogP contribution in [0.5, 0.6) is 0 Å². The second-order valence-electron chi connectivity index (χ2n) is 8.06. The van der Waals surface area contributed by atoms with Crippen LogP contribution < -0.4 is 16.0 Å². The number of nitrogens with one attached hydrogen (secondary N) is 3. The Morgan fingerprint density at radius 3 is 2.59 bits per heavy atom. The van der Waals surface area contributed by atoms with Crippen LogP contribution in [-0.4, -0.2) is 67.7 Å². The molecule has 1 saturated heterocycles. The quantitative estimate of drug-likeness (QED) is 0.495. The molecule has 0 saturated carbocycles. The Balaban J connectivity index is 1.69. The highest BCUT2D eigenvalue weighted by atomic mass is 16.6. The van der Waals surface area contributed by atoms with Crippen LogP contribution in [0.1, 0.15) is 32.8 Å². The number of likely N-dealkylation sites (tertiary alicyclic amines) is 1. The molecule has 0 spiro atoms. The minimum atomic E-state index is -0.520. The van der Waals surface area contributed by atoms with Crippen molar-refractivity contribution in [3.63, 3.8) is 0 Å². The lowest BCUT2D eigenvalue weighted by Gasteiger charge is -2.23. The van der Waals surface area contributed by atoms with E-state index < -0.39 is 11.7 Å². The fourth-order valence-corrected chi connectivity index (χ4v) is 3.09. The summed E-state index contributed by atoms with van der Waals surface area (Å²) in [7, 11) is 1.68. The van der Waals surface area contributed by atoms with E-state index in [9.17, 15) is 9.59 Å². The van der Waals surface area contributed by atoms with Crippen molar-refractivity contribution in [2.24, 2.45) is 4.99 Å². The zero-order chi connectivity index (χ0) is 21.3. The van der Waals surface area contributed by atoms with Gasteiger partial charge in [0.05, 0.1) is 12.6 Å². The number of amides is 2. The Kier molecular flexibility index (Phi) is 8.30. The molecule has 2 amide bonds. The highest BCUT2D eigenvalue weighted by molar-refractivity contribution is 5.86. The predicted octanol–water partition coefficient (Wildman–Crippen LogP) is 1.52. The van der Waals surface area contributed by atoms with Crippen LogP contribution in [0.15, 0.2) is 35.3 Å². The van der Waals surface area contributed by atoms with Crippen molar-refractivity contribution >= 4 is 18.0 Å². The molecule has 1 aliphatic rings. The van der Waals surface area contributed by atoms with Crippen molar-refractivity contribution in [1.82, 2.24) is 20.9 Å². The molecule has 0 aliphatic carbocycles. The number of rotatable bonds is 6. The maximum absolute atomic E-state index is 12.1. The van der Waals surface area contributed by atoms with Gasteiger partial charge in [0, 0.05) is 26.7 Å². The van der Waals surface area contributed by atoms with E-state index in [2.05, 4.69) is 20.9 Å². The second-order valence-corrected chi connectivity index (χ2v) is 8.06. The third-order valence-electron chi connectivity index (χ3n) is 4.41. The van der Waals surface area contributed by atoms with Crippen LogP contribution in [0.25, 0.3) is 0 Å². The zero-order valence-corrected chi connectivity index (χ0v) is 17.8. The number of nitrogens with zero attached hydrogens (tertiary/aromatic N) is 2. The van der Waals surface area contributed by atoms with Gasteiger partial charge < -0.3 is 25.6 Å². The number of carbonyl (C=O) groups is 2. The number of aliphatic imine (C=N–C) groups is 1. The maximum atomic E-state index is 12.1. The molecule has 29 heavy (non-hydrogen) atoms. The van der Waals surface area contributed by atoms with Crippen LogP contribution in [-0.2, 0) is 16.0 Å². The normalized spacial score (nSPS) is 17.0. The first-order chi connectivity index (χ1) is 13.8. The van der Waals surface area contributed by atoms with E-state index in [1.807, 2.05) is 56.0 Å². The van der Waals surface area contributed by atoms with Gasteiger partial charge in [-0.25, -0.2) is 4.79 Å². The molecule has 1 unspecified atom stereocenters. The molecule has 1 fully saturated rings. The first-order valence-electron chi connectivity index (χ1n) is 10.0. The molecule has 1 atom stereocenters. The molecule has 0 bridgehead atoms. The third-order valence-corrected chi connectivity index (χ3v) is 4.41. The Morgan fingerprint density at radius 2 is 1.93 bits per heavy atom. The highest BCUT2D eigenvalue weighted by Gasteiger charge is 2.27. The van der Waals surface area contributed by atoms with Crippen molar-refractivity contribution in [2.75, 3.05) is 33.2 Å². The number of benzene rings is 1. The minimum absolute atomic E-state index is 0.0110. The van der Waals surface area contributed by atoms with Gasteiger partial charge in [0.2, 0.25) is 5.91 Å². The van der Waals surface area contributed by atoms with Gasteiger partial charge in [0.1, 0.15) is 5.60 Å². The van der Waals surface area contributed by atoms with Crippen molar-refractivity contribution in [3.05, 3.63) is 35.9 Å². The third kappa shape index (κ3) is 8.41. The molecular formula is C21H33N5O3. The van der Waals surface area contributed by atoms with Crippen LogP contribution in [0.4, 0.5) is 4.79 Å². The monoisotopic (exact) mass is 403 g/mol. The van der Waals surface area contributed by atoms with Gasteiger partial charge >= 0.3 is 6.09 Å². The number of carbonyl (C=O) groups excluding carboxylic acids is 2. The zero-order valence-electron chi connectivity index (χ0n) is 17.8. The van der Waals surface area contributed by atoms with Gasteiger partial charge in [-0.1, -0.05) is 30.3 Å². The number of ether oxygens (including phenoxy) is 1. The highest BCUT2D eigenvalue weighted by Crippen LogP contribution is 2.12. The molecule has 8 heteroatoms. The molecule has 1 heterocycles. The van der Waals surface area contributed by atoms with Gasteiger partial charge in [-0.15, -0.1) is 0 Å². The lowest BCUT2D eigenvalue weighted by Crippen LogP contribution is -2.46. The van der Waals surface area contributed by atoms with E-state index in [-0.39, 0.29) is 18.5 Å². The molecule has 1 aromatic rings. The molecular weight excluding hydrogens is 370 g/mol. The Hall–Kier alpha value is -2.77. The van der Waals surface area contributed by atoms with Gasteiger partial charge in [-0.2, -0.15) is 0 Å². The molecule has 3 N–H and O–H groups in total. The minimum Gasteiger partial charge on any atom is -0.444 e. The molecule has 160 valence electrons. The van der Waals surface area contributed by atoms with Crippen LogP contribution in [0.2, 0.25) is 0 Å². The standard InChI is InChI=1S/C21H33N5O3/c1-21(2,3)29-20(28)25-17-11-13-26(15-17)19(22-4)24-14-18(27)23-12-10-16-8-6-5-7-9-16/h5-9,17H,10-15H2,1-4H3,(H,22,24)(H,23,27)(H,25,28). The topological polar surface area (TPSA) is 95.1 Å². The average molecular weight is 404 g/mol. The van der Waals surface area contributed by atoms with Crippen LogP contribution in [0, 0.1) is 0 Å². The Labute approximate surface area is 173 Å². The summed E-state index contributed by atoms with van der Waals surface area (Å²) in [6.07, 6.45) is 1.18. The van der Waals surface area contributed by atoms with Crippen molar-refractivity contribution in [1.29, 1.82) is 0 Å². The van der Waals surface area contributed by atoms with E-state index in [1.165, 1.54) is 5.56 Å². The molecule has 2 rings (SSSR count). The van der Waals surface area contributed by atoms with Crippen LogP contribution in [0.3, 0.4) is 0 Å². The van der Waals surface area contributed by atoms with E-state index >= 15 is 0 Å². The number of guanidine groups is 1. The van der Waals surface area contributed by atoms with Gasteiger partial charge in [0.15, 0.2) is 5.96 Å². The molecule has 1 aliphatic heterocycles. The van der Waals surface area contributed by atoms with Crippen molar-refractivity contribution < 1.29 is 14.3 Å². The number of alkyl carbamates (subject to hydrolysis) is 1. The molecule has 8 nitrogen and oxygen atoms in total. The summed E-state index contributed by atoms with van der Waals surface area (Å²) in [6.45, 7) is 7.62. The number of hydrogen-bond acceptors (Lipinski definition) is 4. The largest absolute Gasteiger partial charge is 0.444 e. The molecule has 0 radical (unpaired) electrons.